The maximum Gasteiger partial charge on any atom is 0.253 e. The molecule has 0 aliphatic rings. The molecule has 6 heteroatoms. The number of amides is 2. The zero-order valence-corrected chi connectivity index (χ0v) is 17.7. The summed E-state index contributed by atoms with van der Waals surface area (Å²) in [5.41, 5.74) is 5.30. The molecule has 3 rings (SSSR count). The summed E-state index contributed by atoms with van der Waals surface area (Å²) in [5.74, 6) is -0.231. The lowest BCUT2D eigenvalue weighted by atomic mass is 10.1. The minimum atomic E-state index is -0.185. The molecule has 0 fully saturated rings. The van der Waals surface area contributed by atoms with Gasteiger partial charge in [0.1, 0.15) is 0 Å². The summed E-state index contributed by atoms with van der Waals surface area (Å²) in [7, 11) is 3.44. The van der Waals surface area contributed by atoms with Crippen molar-refractivity contribution in [2.75, 3.05) is 14.1 Å². The Labute approximate surface area is 176 Å². The summed E-state index contributed by atoms with van der Waals surface area (Å²) >= 11 is 0. The van der Waals surface area contributed by atoms with Crippen molar-refractivity contribution in [1.29, 1.82) is 0 Å². The molecule has 0 unspecified atom stereocenters. The van der Waals surface area contributed by atoms with Crippen molar-refractivity contribution in [2.45, 2.75) is 20.4 Å². The number of hydrogen-bond acceptors (Lipinski definition) is 3. The zero-order valence-electron chi connectivity index (χ0n) is 17.7. The third-order valence-electron chi connectivity index (χ3n) is 4.82. The van der Waals surface area contributed by atoms with Crippen molar-refractivity contribution in [2.24, 2.45) is 0 Å². The Bertz CT molecular complexity index is 1060. The molecule has 1 N–H and O–H groups in total. The Morgan fingerprint density at radius 3 is 2.33 bits per heavy atom. The monoisotopic (exact) mass is 402 g/mol. The first-order chi connectivity index (χ1) is 14.4. The predicted molar refractivity (Wildman–Crippen MR) is 118 cm³/mol. The van der Waals surface area contributed by atoms with E-state index in [9.17, 15) is 9.59 Å². The van der Waals surface area contributed by atoms with Crippen molar-refractivity contribution in [3.63, 3.8) is 0 Å². The van der Waals surface area contributed by atoms with E-state index in [0.29, 0.717) is 12.1 Å². The molecule has 0 saturated carbocycles. The van der Waals surface area contributed by atoms with E-state index in [4.69, 9.17) is 0 Å². The average molecular weight is 402 g/mol. The number of nitrogens with one attached hydrogen (secondary N) is 1. The van der Waals surface area contributed by atoms with Gasteiger partial charge in [-0.2, -0.15) is 5.10 Å². The van der Waals surface area contributed by atoms with Gasteiger partial charge in [0.05, 0.1) is 11.4 Å². The molecule has 30 heavy (non-hydrogen) atoms. The predicted octanol–water partition coefficient (Wildman–Crippen LogP) is 3.52. The van der Waals surface area contributed by atoms with E-state index in [1.54, 1.807) is 32.3 Å². The van der Waals surface area contributed by atoms with Crippen LogP contribution in [-0.2, 0) is 11.3 Å². The average Bonchev–Trinajstić information content (AvgIpc) is 3.04. The van der Waals surface area contributed by atoms with Crippen LogP contribution in [0.2, 0.25) is 0 Å². The van der Waals surface area contributed by atoms with E-state index in [0.717, 1.165) is 28.2 Å². The van der Waals surface area contributed by atoms with Gasteiger partial charge in [-0.15, -0.1) is 0 Å². The molecule has 6 nitrogen and oxygen atoms in total. The van der Waals surface area contributed by atoms with Crippen LogP contribution < -0.4 is 5.32 Å². The normalized spacial score (nSPS) is 10.9. The van der Waals surface area contributed by atoms with Crippen molar-refractivity contribution in [3.8, 4) is 5.69 Å². The van der Waals surface area contributed by atoms with Gasteiger partial charge in [0.2, 0.25) is 5.91 Å². The number of rotatable bonds is 6. The highest BCUT2D eigenvalue weighted by molar-refractivity contribution is 5.94. The molecule has 0 saturated heterocycles. The third kappa shape index (κ3) is 4.84. The molecule has 2 aromatic carbocycles. The number of para-hydroxylation sites is 1. The minimum absolute atomic E-state index is 0.0460. The molecule has 3 aromatic rings. The molecule has 0 spiro atoms. The topological polar surface area (TPSA) is 67.2 Å². The van der Waals surface area contributed by atoms with Gasteiger partial charge in [-0.1, -0.05) is 30.3 Å². The van der Waals surface area contributed by atoms with Crippen LogP contribution in [0.4, 0.5) is 0 Å². The zero-order chi connectivity index (χ0) is 21.7. The number of carbonyl (C=O) groups excluding carboxylic acids is 2. The second-order valence-electron chi connectivity index (χ2n) is 7.28. The Morgan fingerprint density at radius 1 is 1.03 bits per heavy atom. The summed E-state index contributed by atoms with van der Waals surface area (Å²) in [4.78, 5) is 25.7. The van der Waals surface area contributed by atoms with E-state index in [-0.39, 0.29) is 11.8 Å². The first kappa shape index (κ1) is 21.0. The highest BCUT2D eigenvalue weighted by atomic mass is 16.2. The van der Waals surface area contributed by atoms with Gasteiger partial charge in [0.15, 0.2) is 0 Å². The smallest absolute Gasteiger partial charge is 0.253 e. The van der Waals surface area contributed by atoms with Gasteiger partial charge in [-0.05, 0) is 49.8 Å². The first-order valence-corrected chi connectivity index (χ1v) is 9.75. The molecule has 154 valence electrons. The van der Waals surface area contributed by atoms with Crippen LogP contribution in [0.3, 0.4) is 0 Å². The van der Waals surface area contributed by atoms with Crippen LogP contribution in [0, 0.1) is 13.8 Å². The Morgan fingerprint density at radius 2 is 1.70 bits per heavy atom. The van der Waals surface area contributed by atoms with E-state index in [2.05, 4.69) is 10.4 Å². The Hall–Kier alpha value is -3.67. The number of carbonyl (C=O) groups is 2. The molecule has 0 atom stereocenters. The molecule has 0 radical (unpaired) electrons. The van der Waals surface area contributed by atoms with Gasteiger partial charge in [-0.25, -0.2) is 4.68 Å². The highest BCUT2D eigenvalue weighted by Gasteiger charge is 2.11. The first-order valence-electron chi connectivity index (χ1n) is 9.75. The van der Waals surface area contributed by atoms with Crippen LogP contribution in [0.25, 0.3) is 11.8 Å². The van der Waals surface area contributed by atoms with Crippen molar-refractivity contribution in [3.05, 3.63) is 88.8 Å². The highest BCUT2D eigenvalue weighted by Crippen LogP contribution is 2.19. The number of benzene rings is 2. The standard InChI is InChI=1S/C24H26N4O2/c1-17-22(18(2)28(26-17)21-8-6-5-7-9-21)14-15-23(29)25-16-19-10-12-20(13-11-19)24(30)27(3)4/h5-15H,16H2,1-4H3,(H,25,29)/b15-14+. The number of nitrogens with zero attached hydrogens (tertiary/aromatic N) is 3. The number of hydrogen-bond donors (Lipinski definition) is 1. The summed E-state index contributed by atoms with van der Waals surface area (Å²) in [6.07, 6.45) is 3.32. The lowest BCUT2D eigenvalue weighted by molar-refractivity contribution is -0.116. The van der Waals surface area contributed by atoms with Gasteiger partial charge in [-0.3, -0.25) is 9.59 Å². The van der Waals surface area contributed by atoms with Gasteiger partial charge < -0.3 is 10.2 Å². The fourth-order valence-corrected chi connectivity index (χ4v) is 3.15. The largest absolute Gasteiger partial charge is 0.348 e. The summed E-state index contributed by atoms with van der Waals surface area (Å²) in [5, 5.41) is 7.46. The van der Waals surface area contributed by atoms with Crippen LogP contribution in [0.15, 0.2) is 60.7 Å². The second-order valence-corrected chi connectivity index (χ2v) is 7.28. The molecule has 2 amide bonds. The van der Waals surface area contributed by atoms with Crippen LogP contribution >= 0.6 is 0 Å². The van der Waals surface area contributed by atoms with Crippen LogP contribution in [-0.4, -0.2) is 40.6 Å². The molecule has 0 bridgehead atoms. The number of aromatic nitrogens is 2. The number of aryl methyl sites for hydroxylation is 1. The van der Waals surface area contributed by atoms with Gasteiger partial charge >= 0.3 is 0 Å². The van der Waals surface area contributed by atoms with Gasteiger partial charge in [0.25, 0.3) is 5.91 Å². The molecular weight excluding hydrogens is 376 g/mol. The second kappa shape index (κ2) is 9.22. The third-order valence-corrected chi connectivity index (χ3v) is 4.82. The minimum Gasteiger partial charge on any atom is -0.348 e. The Balaban J connectivity index is 1.63. The van der Waals surface area contributed by atoms with E-state index in [1.807, 2.05) is 61.0 Å². The molecule has 0 aliphatic heterocycles. The lowest BCUT2D eigenvalue weighted by Crippen LogP contribution is -2.22. The molecular formula is C24H26N4O2. The van der Waals surface area contributed by atoms with Crippen LogP contribution in [0.1, 0.15) is 32.9 Å². The maximum atomic E-state index is 12.3. The van der Waals surface area contributed by atoms with E-state index in [1.165, 1.54) is 11.0 Å². The summed E-state index contributed by atoms with van der Waals surface area (Å²) < 4.78 is 1.88. The quantitative estimate of drug-likeness (QED) is 0.642. The van der Waals surface area contributed by atoms with Gasteiger partial charge in [0, 0.05) is 43.5 Å². The van der Waals surface area contributed by atoms with E-state index >= 15 is 0 Å². The molecule has 0 aliphatic carbocycles. The van der Waals surface area contributed by atoms with Crippen molar-refractivity contribution < 1.29 is 9.59 Å². The van der Waals surface area contributed by atoms with Crippen molar-refractivity contribution in [1.82, 2.24) is 20.0 Å². The van der Waals surface area contributed by atoms with Crippen molar-refractivity contribution >= 4 is 17.9 Å². The fraction of sp³-hybridized carbons (Fsp3) is 0.208. The summed E-state index contributed by atoms with van der Waals surface area (Å²) in [6.45, 7) is 4.31. The SMILES string of the molecule is Cc1nn(-c2ccccc2)c(C)c1/C=C/C(=O)NCc1ccc(C(=O)N(C)C)cc1. The molecule has 1 heterocycles. The fourth-order valence-electron chi connectivity index (χ4n) is 3.15. The Kier molecular flexibility index (Phi) is 6.47. The molecule has 1 aromatic heterocycles. The van der Waals surface area contributed by atoms with E-state index < -0.39 is 0 Å². The lowest BCUT2D eigenvalue weighted by Gasteiger charge is -2.10. The van der Waals surface area contributed by atoms with Crippen LogP contribution in [0.5, 0.6) is 0 Å². The summed E-state index contributed by atoms with van der Waals surface area (Å²) in [6, 6.07) is 17.1. The maximum absolute atomic E-state index is 12.3.